The molecule has 0 saturated heterocycles. The monoisotopic (exact) mass is 295 g/mol. The summed E-state index contributed by atoms with van der Waals surface area (Å²) in [4.78, 5) is 12.0. The molecular weight excluding hydrogens is 270 g/mol. The normalized spacial score (nSPS) is 12.0. The van der Waals surface area contributed by atoms with Gasteiger partial charge in [0.05, 0.1) is 0 Å². The number of hydrogen-bond donors (Lipinski definition) is 1. The van der Waals surface area contributed by atoms with E-state index >= 15 is 0 Å². The molecule has 2 aromatic carbocycles. The van der Waals surface area contributed by atoms with Gasteiger partial charge >= 0.3 is 0 Å². The fraction of sp³-hybridized carbons (Fsp3) is 0.350. The van der Waals surface area contributed by atoms with E-state index in [-0.39, 0.29) is 11.9 Å². The van der Waals surface area contributed by atoms with Crippen LogP contribution in [0.15, 0.2) is 48.5 Å². The first-order chi connectivity index (χ1) is 10.6. The Kier molecular flexibility index (Phi) is 5.76. The molecule has 0 aliphatic carbocycles. The quantitative estimate of drug-likeness (QED) is 0.845. The second-order valence-electron chi connectivity index (χ2n) is 5.97. The number of benzene rings is 2. The first-order valence-electron chi connectivity index (χ1n) is 8.04. The lowest BCUT2D eigenvalue weighted by atomic mass is 10.0. The summed E-state index contributed by atoms with van der Waals surface area (Å²) in [6.45, 7) is 6.19. The van der Waals surface area contributed by atoms with E-state index < -0.39 is 0 Å². The van der Waals surface area contributed by atoms with Crippen LogP contribution in [0.2, 0.25) is 0 Å². The summed E-state index contributed by atoms with van der Waals surface area (Å²) in [6, 6.07) is 16.8. The van der Waals surface area contributed by atoms with Gasteiger partial charge in [-0.3, -0.25) is 4.79 Å². The molecule has 2 rings (SSSR count). The summed E-state index contributed by atoms with van der Waals surface area (Å²) in [5.41, 5.74) is 4.64. The smallest absolute Gasteiger partial charge is 0.251 e. The number of hydrogen-bond acceptors (Lipinski definition) is 1. The molecule has 0 radical (unpaired) electrons. The van der Waals surface area contributed by atoms with Crippen molar-refractivity contribution in [1.29, 1.82) is 0 Å². The lowest BCUT2D eigenvalue weighted by Crippen LogP contribution is -2.31. The van der Waals surface area contributed by atoms with Crippen molar-refractivity contribution in [2.75, 3.05) is 0 Å². The lowest BCUT2D eigenvalue weighted by molar-refractivity contribution is 0.0939. The van der Waals surface area contributed by atoms with Crippen molar-refractivity contribution in [2.45, 2.75) is 46.1 Å². The molecule has 0 fully saturated rings. The van der Waals surface area contributed by atoms with E-state index in [0.717, 1.165) is 24.8 Å². The highest BCUT2D eigenvalue weighted by Crippen LogP contribution is 2.10. The van der Waals surface area contributed by atoms with E-state index in [0.29, 0.717) is 0 Å². The minimum absolute atomic E-state index is 0.0134. The minimum atomic E-state index is 0.0134. The molecular formula is C20H25NO. The first-order valence-corrected chi connectivity index (χ1v) is 8.04. The third-order valence-electron chi connectivity index (χ3n) is 4.03. The van der Waals surface area contributed by atoms with Crippen molar-refractivity contribution in [3.05, 3.63) is 70.8 Å². The highest BCUT2D eigenvalue weighted by atomic mass is 16.1. The highest BCUT2D eigenvalue weighted by Gasteiger charge is 2.08. The van der Waals surface area contributed by atoms with Gasteiger partial charge in [0, 0.05) is 11.6 Å². The summed E-state index contributed by atoms with van der Waals surface area (Å²) < 4.78 is 0. The molecule has 1 atom stereocenters. The van der Waals surface area contributed by atoms with E-state index in [1.807, 2.05) is 19.1 Å². The van der Waals surface area contributed by atoms with Crippen molar-refractivity contribution in [3.63, 3.8) is 0 Å². The molecule has 0 aromatic heterocycles. The van der Waals surface area contributed by atoms with Crippen LogP contribution in [-0.2, 0) is 12.8 Å². The Morgan fingerprint density at radius 2 is 1.45 bits per heavy atom. The third-order valence-corrected chi connectivity index (χ3v) is 4.03. The molecule has 0 heterocycles. The number of aryl methyl sites for hydroxylation is 3. The van der Waals surface area contributed by atoms with Crippen LogP contribution in [0, 0.1) is 6.92 Å². The van der Waals surface area contributed by atoms with Gasteiger partial charge in [-0.2, -0.15) is 0 Å². The molecule has 0 spiro atoms. The molecule has 2 heteroatoms. The van der Waals surface area contributed by atoms with Crippen LogP contribution in [-0.4, -0.2) is 11.9 Å². The molecule has 116 valence electrons. The predicted octanol–water partition coefficient (Wildman–Crippen LogP) is 4.31. The van der Waals surface area contributed by atoms with Crippen LogP contribution in [0.3, 0.4) is 0 Å². The van der Waals surface area contributed by atoms with Gasteiger partial charge in [-0.1, -0.05) is 48.9 Å². The van der Waals surface area contributed by atoms with Gasteiger partial charge < -0.3 is 5.32 Å². The fourth-order valence-electron chi connectivity index (χ4n) is 2.28. The summed E-state index contributed by atoms with van der Waals surface area (Å²) in [5.74, 6) is 0.0134. The molecule has 0 saturated carbocycles. The van der Waals surface area contributed by atoms with Crippen LogP contribution in [0.1, 0.15) is 47.3 Å². The topological polar surface area (TPSA) is 29.1 Å². The Bertz CT molecular complexity index is 599. The van der Waals surface area contributed by atoms with Gasteiger partial charge in [0.2, 0.25) is 0 Å². The summed E-state index contributed by atoms with van der Waals surface area (Å²) >= 11 is 0. The zero-order valence-electron chi connectivity index (χ0n) is 13.7. The largest absolute Gasteiger partial charge is 0.350 e. The van der Waals surface area contributed by atoms with Crippen molar-refractivity contribution >= 4 is 5.91 Å². The van der Waals surface area contributed by atoms with Gasteiger partial charge in [-0.05, 0) is 56.4 Å². The first kappa shape index (κ1) is 16.3. The van der Waals surface area contributed by atoms with E-state index in [2.05, 4.69) is 55.6 Å². The number of nitrogens with one attached hydrogen (secondary N) is 1. The molecule has 0 aliphatic rings. The molecule has 1 amide bonds. The SMILES string of the molecule is CCC(C)NC(=O)c1ccc(CCc2ccc(C)cc2)cc1. The van der Waals surface area contributed by atoms with Crippen molar-refractivity contribution in [3.8, 4) is 0 Å². The Balaban J connectivity index is 1.91. The van der Waals surface area contributed by atoms with E-state index in [4.69, 9.17) is 0 Å². The molecule has 2 nitrogen and oxygen atoms in total. The van der Waals surface area contributed by atoms with Crippen molar-refractivity contribution < 1.29 is 4.79 Å². The zero-order chi connectivity index (χ0) is 15.9. The Hall–Kier alpha value is -2.09. The number of carbonyl (C=O) groups excluding carboxylic acids is 1. The van der Waals surface area contributed by atoms with Crippen molar-refractivity contribution in [2.24, 2.45) is 0 Å². The van der Waals surface area contributed by atoms with E-state index in [9.17, 15) is 4.79 Å². The predicted molar refractivity (Wildman–Crippen MR) is 92.2 cm³/mol. The zero-order valence-corrected chi connectivity index (χ0v) is 13.7. The third kappa shape index (κ3) is 4.73. The second-order valence-corrected chi connectivity index (χ2v) is 5.97. The van der Waals surface area contributed by atoms with Crippen LogP contribution in [0.5, 0.6) is 0 Å². The van der Waals surface area contributed by atoms with E-state index in [1.54, 1.807) is 0 Å². The minimum Gasteiger partial charge on any atom is -0.350 e. The van der Waals surface area contributed by atoms with Gasteiger partial charge in [0.25, 0.3) is 5.91 Å². The van der Waals surface area contributed by atoms with Gasteiger partial charge in [-0.15, -0.1) is 0 Å². The maximum absolute atomic E-state index is 12.0. The fourth-order valence-corrected chi connectivity index (χ4v) is 2.28. The summed E-state index contributed by atoms with van der Waals surface area (Å²) in [6.07, 6.45) is 2.97. The maximum atomic E-state index is 12.0. The van der Waals surface area contributed by atoms with Crippen LogP contribution in [0.25, 0.3) is 0 Å². The number of rotatable bonds is 6. The molecule has 22 heavy (non-hydrogen) atoms. The summed E-state index contributed by atoms with van der Waals surface area (Å²) in [5, 5.41) is 2.99. The second kappa shape index (κ2) is 7.79. The molecule has 0 aliphatic heterocycles. The lowest BCUT2D eigenvalue weighted by Gasteiger charge is -2.11. The van der Waals surface area contributed by atoms with Gasteiger partial charge in [0.15, 0.2) is 0 Å². The standard InChI is InChI=1S/C20H25NO/c1-4-16(3)21-20(22)19-13-11-18(12-14-19)10-9-17-7-5-15(2)6-8-17/h5-8,11-14,16H,4,9-10H2,1-3H3,(H,21,22). The molecule has 0 bridgehead atoms. The average Bonchev–Trinajstić information content (AvgIpc) is 2.54. The Morgan fingerprint density at radius 1 is 0.955 bits per heavy atom. The Labute approximate surface area is 133 Å². The molecule has 1 N–H and O–H groups in total. The van der Waals surface area contributed by atoms with Gasteiger partial charge in [-0.25, -0.2) is 0 Å². The van der Waals surface area contributed by atoms with Crippen molar-refractivity contribution in [1.82, 2.24) is 5.32 Å². The van der Waals surface area contributed by atoms with Crippen LogP contribution >= 0.6 is 0 Å². The molecule has 2 aromatic rings. The van der Waals surface area contributed by atoms with Crippen LogP contribution in [0.4, 0.5) is 0 Å². The highest BCUT2D eigenvalue weighted by molar-refractivity contribution is 5.94. The van der Waals surface area contributed by atoms with E-state index in [1.165, 1.54) is 16.7 Å². The Morgan fingerprint density at radius 3 is 1.95 bits per heavy atom. The van der Waals surface area contributed by atoms with Gasteiger partial charge in [0.1, 0.15) is 0 Å². The maximum Gasteiger partial charge on any atom is 0.251 e. The average molecular weight is 295 g/mol. The number of carbonyl (C=O) groups is 1. The van der Waals surface area contributed by atoms with Crippen LogP contribution < -0.4 is 5.32 Å². The summed E-state index contributed by atoms with van der Waals surface area (Å²) in [7, 11) is 0. The number of amides is 1. The molecule has 1 unspecified atom stereocenters.